The number of hydrogen-bond donors (Lipinski definition) is 1. The van der Waals surface area contributed by atoms with Gasteiger partial charge in [0.1, 0.15) is 11.9 Å². The Labute approximate surface area is 207 Å². The highest BCUT2D eigenvalue weighted by atomic mass is 16.5. The quantitative estimate of drug-likeness (QED) is 0.711. The van der Waals surface area contributed by atoms with Crippen molar-refractivity contribution in [2.45, 2.75) is 76.8 Å². The van der Waals surface area contributed by atoms with Gasteiger partial charge in [-0.05, 0) is 62.8 Å². The molecule has 1 saturated carbocycles. The van der Waals surface area contributed by atoms with E-state index in [4.69, 9.17) is 4.74 Å². The van der Waals surface area contributed by atoms with Gasteiger partial charge in [0.2, 0.25) is 5.91 Å². The number of fused-ring (bicyclic) bond motifs is 1. The molecule has 3 aliphatic rings. The predicted octanol–water partition coefficient (Wildman–Crippen LogP) is 3.78. The number of carbonyl (C=O) groups excluding carboxylic acids is 2. The van der Waals surface area contributed by atoms with Crippen LogP contribution >= 0.6 is 0 Å². The summed E-state index contributed by atoms with van der Waals surface area (Å²) < 4.78 is 5.82. The molecular formula is C28H36N4O3. The van der Waals surface area contributed by atoms with E-state index >= 15 is 0 Å². The zero-order chi connectivity index (χ0) is 24.4. The lowest BCUT2D eigenvalue weighted by atomic mass is 9.84. The fourth-order valence-corrected chi connectivity index (χ4v) is 6.10. The van der Waals surface area contributed by atoms with Gasteiger partial charge in [0.25, 0.3) is 5.91 Å². The number of carbonyl (C=O) groups is 2. The number of ether oxygens (including phenoxy) is 1. The average Bonchev–Trinajstić information content (AvgIpc) is 3.27. The topological polar surface area (TPSA) is 74.8 Å². The van der Waals surface area contributed by atoms with Gasteiger partial charge in [-0.3, -0.25) is 9.59 Å². The fraction of sp³-hybridized carbons (Fsp3) is 0.536. The van der Waals surface area contributed by atoms with Gasteiger partial charge in [-0.25, -0.2) is 4.98 Å². The smallest absolute Gasteiger partial charge is 0.254 e. The van der Waals surface area contributed by atoms with Gasteiger partial charge in [0, 0.05) is 37.4 Å². The average molecular weight is 477 g/mol. The zero-order valence-electron chi connectivity index (χ0n) is 20.7. The summed E-state index contributed by atoms with van der Waals surface area (Å²) in [6.45, 7) is 6.21. The lowest BCUT2D eigenvalue weighted by Crippen LogP contribution is -2.49. The van der Waals surface area contributed by atoms with Crippen LogP contribution in [0.15, 0.2) is 48.7 Å². The van der Waals surface area contributed by atoms with E-state index in [0.29, 0.717) is 18.0 Å². The Balaban J connectivity index is 1.25. The molecule has 1 N–H and O–H groups in total. The molecule has 5 unspecified atom stereocenters. The molecule has 0 radical (unpaired) electrons. The van der Waals surface area contributed by atoms with E-state index in [1.165, 1.54) is 6.42 Å². The second-order valence-electron chi connectivity index (χ2n) is 10.3. The van der Waals surface area contributed by atoms with E-state index in [0.717, 1.165) is 50.2 Å². The van der Waals surface area contributed by atoms with Gasteiger partial charge in [0.15, 0.2) is 0 Å². The van der Waals surface area contributed by atoms with Crippen molar-refractivity contribution in [1.82, 2.24) is 15.2 Å². The molecule has 5 rings (SSSR count). The minimum Gasteiger partial charge on any atom is -0.372 e. The molecule has 5 atom stereocenters. The Hall–Kier alpha value is -2.93. The van der Waals surface area contributed by atoms with E-state index in [-0.39, 0.29) is 30.1 Å². The molecule has 7 heteroatoms. The first kappa shape index (κ1) is 23.8. The number of anilines is 1. The normalized spacial score (nSPS) is 28.5. The Bertz CT molecular complexity index is 1020. The van der Waals surface area contributed by atoms with Crippen LogP contribution in [0.3, 0.4) is 0 Å². The van der Waals surface area contributed by atoms with Crippen LogP contribution in [0.5, 0.6) is 0 Å². The van der Waals surface area contributed by atoms with Gasteiger partial charge in [-0.15, -0.1) is 0 Å². The molecule has 2 aliphatic heterocycles. The maximum Gasteiger partial charge on any atom is 0.254 e. The number of pyridine rings is 1. The predicted molar refractivity (Wildman–Crippen MR) is 135 cm³/mol. The number of nitrogens with one attached hydrogen (secondary N) is 1. The summed E-state index contributed by atoms with van der Waals surface area (Å²) >= 11 is 0. The first-order valence-electron chi connectivity index (χ1n) is 13.0. The number of morpholine rings is 1. The standard InChI is InChI=1S/C28H36N4O3/c1-19-17-31(18-20(2)35-19)26-13-12-21(15-29-26)16-30-27(33)25-14-23-10-6-7-11-24(23)32(25)28(34)22-8-4-3-5-9-22/h3-5,8-9,12-13,15,19-20,23-25H,6-7,10-11,14,16-18H2,1-2H3,(H,30,33). The molecule has 3 fully saturated rings. The number of nitrogens with zero attached hydrogens (tertiary/aromatic N) is 3. The lowest BCUT2D eigenvalue weighted by Gasteiger charge is -2.36. The molecule has 1 aliphatic carbocycles. The van der Waals surface area contributed by atoms with Crippen molar-refractivity contribution in [1.29, 1.82) is 0 Å². The van der Waals surface area contributed by atoms with Crippen molar-refractivity contribution in [3.63, 3.8) is 0 Å². The van der Waals surface area contributed by atoms with Crippen LogP contribution in [-0.2, 0) is 16.1 Å². The Morgan fingerprint density at radius 1 is 1.03 bits per heavy atom. The van der Waals surface area contributed by atoms with E-state index in [1.54, 1.807) is 0 Å². The third-order valence-corrected chi connectivity index (χ3v) is 7.67. The summed E-state index contributed by atoms with van der Waals surface area (Å²) in [7, 11) is 0. The molecule has 3 heterocycles. The van der Waals surface area contributed by atoms with Crippen LogP contribution < -0.4 is 10.2 Å². The highest BCUT2D eigenvalue weighted by Gasteiger charge is 2.47. The zero-order valence-corrected chi connectivity index (χ0v) is 20.7. The van der Waals surface area contributed by atoms with E-state index in [2.05, 4.69) is 29.0 Å². The number of amides is 2. The number of benzene rings is 1. The molecule has 1 aromatic heterocycles. The molecule has 35 heavy (non-hydrogen) atoms. The largest absolute Gasteiger partial charge is 0.372 e. The molecule has 7 nitrogen and oxygen atoms in total. The molecule has 2 amide bonds. The van der Waals surface area contributed by atoms with Crippen LogP contribution in [0, 0.1) is 5.92 Å². The summed E-state index contributed by atoms with van der Waals surface area (Å²) in [6, 6.07) is 13.1. The second kappa shape index (κ2) is 10.4. The first-order valence-corrected chi connectivity index (χ1v) is 13.0. The maximum absolute atomic E-state index is 13.4. The third-order valence-electron chi connectivity index (χ3n) is 7.67. The minimum absolute atomic E-state index is 0.0277. The van der Waals surface area contributed by atoms with Crippen LogP contribution in [0.4, 0.5) is 5.82 Å². The number of hydrogen-bond acceptors (Lipinski definition) is 5. The minimum atomic E-state index is -0.417. The molecule has 186 valence electrons. The second-order valence-corrected chi connectivity index (χ2v) is 10.3. The summed E-state index contributed by atoms with van der Waals surface area (Å²) in [5.41, 5.74) is 1.61. The summed E-state index contributed by atoms with van der Waals surface area (Å²) in [5.74, 6) is 1.25. The third kappa shape index (κ3) is 5.20. The molecule has 2 saturated heterocycles. The molecule has 1 aromatic carbocycles. The van der Waals surface area contributed by atoms with Crippen molar-refractivity contribution in [3.8, 4) is 0 Å². The van der Waals surface area contributed by atoms with Gasteiger partial charge >= 0.3 is 0 Å². The summed E-state index contributed by atoms with van der Waals surface area (Å²) in [5, 5.41) is 3.09. The monoisotopic (exact) mass is 476 g/mol. The van der Waals surface area contributed by atoms with Crippen molar-refractivity contribution in [2.24, 2.45) is 5.92 Å². The first-order chi connectivity index (χ1) is 17.0. The summed E-state index contributed by atoms with van der Waals surface area (Å²) in [4.78, 5) is 35.6. The van der Waals surface area contributed by atoms with Crippen LogP contribution in [0.2, 0.25) is 0 Å². The van der Waals surface area contributed by atoms with Crippen molar-refractivity contribution >= 4 is 17.6 Å². The Morgan fingerprint density at radius 2 is 1.77 bits per heavy atom. The van der Waals surface area contributed by atoms with Gasteiger partial charge in [-0.1, -0.05) is 37.1 Å². The highest BCUT2D eigenvalue weighted by Crippen LogP contribution is 2.40. The Kier molecular flexibility index (Phi) is 7.04. The number of aromatic nitrogens is 1. The van der Waals surface area contributed by atoms with E-state index in [1.807, 2.05) is 53.6 Å². The molecule has 0 spiro atoms. The molecule has 2 aromatic rings. The van der Waals surface area contributed by atoms with Gasteiger partial charge in [-0.2, -0.15) is 0 Å². The van der Waals surface area contributed by atoms with Crippen molar-refractivity contribution in [2.75, 3.05) is 18.0 Å². The Morgan fingerprint density at radius 3 is 2.49 bits per heavy atom. The number of rotatable bonds is 5. The highest BCUT2D eigenvalue weighted by molar-refractivity contribution is 5.98. The fourth-order valence-electron chi connectivity index (χ4n) is 6.10. The van der Waals surface area contributed by atoms with Gasteiger partial charge < -0.3 is 19.9 Å². The van der Waals surface area contributed by atoms with Crippen LogP contribution in [0.1, 0.15) is 61.9 Å². The van der Waals surface area contributed by atoms with Gasteiger partial charge in [0.05, 0.1) is 12.2 Å². The number of likely N-dealkylation sites (tertiary alicyclic amines) is 1. The van der Waals surface area contributed by atoms with E-state index < -0.39 is 6.04 Å². The molecular weight excluding hydrogens is 440 g/mol. The van der Waals surface area contributed by atoms with Crippen molar-refractivity contribution in [3.05, 3.63) is 59.8 Å². The lowest BCUT2D eigenvalue weighted by molar-refractivity contribution is -0.125. The summed E-state index contributed by atoms with van der Waals surface area (Å²) in [6.07, 6.45) is 7.32. The SMILES string of the molecule is CC1CN(c2ccc(CNC(=O)C3CC4CCCCC4N3C(=O)c3ccccc3)cn2)CC(C)O1. The van der Waals surface area contributed by atoms with Crippen molar-refractivity contribution < 1.29 is 14.3 Å². The van der Waals surface area contributed by atoms with E-state index in [9.17, 15) is 9.59 Å². The molecule has 0 bridgehead atoms. The maximum atomic E-state index is 13.4. The van der Waals surface area contributed by atoms with Crippen LogP contribution in [0.25, 0.3) is 0 Å². The van der Waals surface area contributed by atoms with Crippen LogP contribution in [-0.4, -0.2) is 59.1 Å².